The number of nitrogens with two attached hydrogens (primary N) is 1. The Bertz CT molecular complexity index is 1750. The van der Waals surface area contributed by atoms with Crippen LogP contribution >= 0.6 is 11.6 Å². The lowest BCUT2D eigenvalue weighted by atomic mass is 9.49. The minimum atomic E-state index is -1.79. The van der Waals surface area contributed by atoms with Crippen molar-refractivity contribution in [3.63, 3.8) is 0 Å². The van der Waals surface area contributed by atoms with E-state index in [0.717, 1.165) is 12.8 Å². The molecule has 0 aliphatic carbocycles. The lowest BCUT2D eigenvalue weighted by molar-refractivity contribution is -0.134. The summed E-state index contributed by atoms with van der Waals surface area (Å²) in [6, 6.07) is 10.1. The number of carboxylic acid groups (broad SMARTS) is 2. The first-order chi connectivity index (χ1) is 23.3. The van der Waals surface area contributed by atoms with E-state index < -0.39 is 46.8 Å². The fourth-order valence-electron chi connectivity index (χ4n) is 7.69. The number of hydrogen-bond donors (Lipinski definition) is 3. The highest BCUT2D eigenvalue weighted by Crippen LogP contribution is 2.60. The molecular weight excluding hydrogens is 662 g/mol. The second-order valence-corrected chi connectivity index (χ2v) is 15.2. The van der Waals surface area contributed by atoms with Crippen molar-refractivity contribution in [2.75, 3.05) is 26.2 Å². The molecule has 2 aromatic rings. The van der Waals surface area contributed by atoms with Gasteiger partial charge in [-0.2, -0.15) is 4.90 Å². The van der Waals surface area contributed by atoms with Gasteiger partial charge in [-0.15, -0.1) is 0 Å². The Labute approximate surface area is 297 Å². The van der Waals surface area contributed by atoms with Crippen LogP contribution in [0.2, 0.25) is 5.02 Å². The van der Waals surface area contributed by atoms with E-state index in [0.29, 0.717) is 46.8 Å². The van der Waals surface area contributed by atoms with E-state index in [1.165, 1.54) is 4.90 Å². The number of carbonyl (C=O) groups excluding carboxylic acids is 3. The molecule has 2 aromatic carbocycles. The molecule has 268 valence electrons. The Morgan fingerprint density at radius 1 is 0.940 bits per heavy atom. The number of fused-ring (bicyclic) bond motifs is 1. The highest BCUT2D eigenvalue weighted by atomic mass is 35.5. The number of rotatable bonds is 7. The largest absolute Gasteiger partial charge is 0.464 e. The predicted molar refractivity (Wildman–Crippen MR) is 192 cm³/mol. The summed E-state index contributed by atoms with van der Waals surface area (Å²) in [5.74, 6) is -1.82. The number of amidine groups is 1. The van der Waals surface area contributed by atoms with Crippen LogP contribution < -0.4 is 5.73 Å². The standard InChI is InChI=1S/C37H46ClN5O7/c1-8-15-42(21-29(39)44)31(46)26-19-24-18-22(25-13-11-23(20-27(25)38)30(45)41-16-9-10-17-41)12-14-28(24)40-32(43(33(47)48)34(49)50)37(26,35(2,3)4)36(5,6)7/h11-14,18-20H,8-10,15-17,21H2,1-7H3,(H2,39,44)(H,47,48)(H,49,50). The van der Waals surface area contributed by atoms with Crippen LogP contribution in [-0.2, 0) is 9.59 Å². The summed E-state index contributed by atoms with van der Waals surface area (Å²) in [4.78, 5) is 73.6. The van der Waals surface area contributed by atoms with Gasteiger partial charge in [0.1, 0.15) is 5.84 Å². The molecule has 50 heavy (non-hydrogen) atoms. The molecule has 0 aromatic heterocycles. The molecule has 0 unspecified atom stereocenters. The number of benzene rings is 2. The van der Waals surface area contributed by atoms with E-state index in [2.05, 4.69) is 0 Å². The minimum Gasteiger partial charge on any atom is -0.464 e. The number of hydrogen-bond acceptors (Lipinski definition) is 6. The van der Waals surface area contributed by atoms with Crippen molar-refractivity contribution < 1.29 is 34.2 Å². The minimum absolute atomic E-state index is 0.0482. The predicted octanol–water partition coefficient (Wildman–Crippen LogP) is 7.13. The quantitative estimate of drug-likeness (QED) is 0.274. The maximum absolute atomic E-state index is 14.8. The summed E-state index contributed by atoms with van der Waals surface area (Å²) < 4.78 is 0. The molecule has 13 heteroatoms. The molecule has 5 amide bonds. The van der Waals surface area contributed by atoms with Crippen LogP contribution in [0.15, 0.2) is 47.0 Å². The summed E-state index contributed by atoms with van der Waals surface area (Å²) >= 11 is 6.78. The van der Waals surface area contributed by atoms with Crippen molar-refractivity contribution in [1.82, 2.24) is 14.7 Å². The van der Waals surface area contributed by atoms with E-state index in [1.54, 1.807) is 88.9 Å². The summed E-state index contributed by atoms with van der Waals surface area (Å²) in [6.45, 7) is 13.7. The molecule has 2 aliphatic rings. The normalized spacial score (nSPS) is 15.7. The van der Waals surface area contributed by atoms with Crippen molar-refractivity contribution in [2.24, 2.45) is 27.0 Å². The Morgan fingerprint density at radius 3 is 2.04 bits per heavy atom. The second kappa shape index (κ2) is 14.3. The molecule has 0 saturated carbocycles. The third-order valence-electron chi connectivity index (χ3n) is 9.42. The highest BCUT2D eigenvalue weighted by Gasteiger charge is 2.62. The monoisotopic (exact) mass is 707 g/mol. The van der Waals surface area contributed by atoms with Crippen LogP contribution in [0.3, 0.4) is 0 Å². The first-order valence-corrected chi connectivity index (χ1v) is 17.0. The second-order valence-electron chi connectivity index (χ2n) is 14.8. The van der Waals surface area contributed by atoms with Gasteiger partial charge in [-0.25, -0.2) is 14.6 Å². The number of aliphatic imine (C=N–C) groups is 1. The van der Waals surface area contributed by atoms with Crippen LogP contribution in [0.4, 0.5) is 15.3 Å². The molecule has 2 heterocycles. The van der Waals surface area contributed by atoms with Crippen LogP contribution in [0.25, 0.3) is 17.2 Å². The van der Waals surface area contributed by atoms with Crippen molar-refractivity contribution >= 4 is 59.1 Å². The van der Waals surface area contributed by atoms with Gasteiger partial charge in [-0.1, -0.05) is 72.2 Å². The number of nitrogens with zero attached hydrogens (tertiary/aromatic N) is 4. The molecule has 4 rings (SSSR count). The molecule has 4 N–H and O–H groups in total. The maximum atomic E-state index is 14.8. The molecule has 1 fully saturated rings. The van der Waals surface area contributed by atoms with E-state index >= 15 is 0 Å². The molecule has 12 nitrogen and oxygen atoms in total. The smallest absolute Gasteiger partial charge is 0.422 e. The van der Waals surface area contributed by atoms with Crippen molar-refractivity contribution in [2.45, 2.75) is 67.7 Å². The van der Waals surface area contributed by atoms with Gasteiger partial charge in [-0.3, -0.25) is 14.4 Å². The molecule has 0 atom stereocenters. The molecule has 2 aliphatic heterocycles. The third-order valence-corrected chi connectivity index (χ3v) is 9.73. The number of carbonyl (C=O) groups is 5. The average molecular weight is 708 g/mol. The van der Waals surface area contributed by atoms with Crippen LogP contribution in [0.1, 0.15) is 83.7 Å². The molecule has 0 spiro atoms. The first kappa shape index (κ1) is 38.1. The average Bonchev–Trinajstić information content (AvgIpc) is 3.48. The van der Waals surface area contributed by atoms with Crippen LogP contribution in [0.5, 0.6) is 0 Å². The number of likely N-dealkylation sites (tertiary alicyclic amines) is 1. The van der Waals surface area contributed by atoms with Gasteiger partial charge >= 0.3 is 12.2 Å². The first-order valence-electron chi connectivity index (χ1n) is 16.6. The van der Waals surface area contributed by atoms with Crippen molar-refractivity contribution in [3.05, 3.63) is 58.1 Å². The van der Waals surface area contributed by atoms with Gasteiger partial charge in [0.05, 0.1) is 17.6 Å². The Hall–Kier alpha value is -4.71. The zero-order valence-electron chi connectivity index (χ0n) is 29.7. The lowest BCUT2D eigenvalue weighted by Gasteiger charge is -2.55. The zero-order chi connectivity index (χ0) is 37.3. The van der Waals surface area contributed by atoms with Gasteiger partial charge in [0.15, 0.2) is 0 Å². The number of primary amides is 1. The topological polar surface area (TPSA) is 174 Å². The highest BCUT2D eigenvalue weighted by molar-refractivity contribution is 6.33. The number of amides is 5. The Balaban J connectivity index is 2.07. The maximum Gasteiger partial charge on any atom is 0.422 e. The Kier molecular flexibility index (Phi) is 10.9. The summed E-state index contributed by atoms with van der Waals surface area (Å²) in [5, 5.41) is 21.0. The number of imide groups is 1. The van der Waals surface area contributed by atoms with E-state index in [4.69, 9.17) is 22.3 Å². The molecule has 1 saturated heterocycles. The van der Waals surface area contributed by atoms with Gasteiger partial charge < -0.3 is 25.7 Å². The zero-order valence-corrected chi connectivity index (χ0v) is 30.4. The van der Waals surface area contributed by atoms with Crippen LogP contribution in [-0.4, -0.2) is 86.8 Å². The summed E-state index contributed by atoms with van der Waals surface area (Å²) in [7, 11) is 0. The van der Waals surface area contributed by atoms with Gasteiger partial charge in [0.25, 0.3) is 11.8 Å². The van der Waals surface area contributed by atoms with Gasteiger partial charge in [0.2, 0.25) is 5.91 Å². The molecule has 0 bridgehead atoms. The molecular formula is C37H46ClN5O7. The fourth-order valence-corrected chi connectivity index (χ4v) is 7.98. The van der Waals surface area contributed by atoms with Gasteiger partial charge in [0, 0.05) is 46.9 Å². The summed E-state index contributed by atoms with van der Waals surface area (Å²) in [6.07, 6.45) is 0.417. The van der Waals surface area contributed by atoms with Gasteiger partial charge in [-0.05, 0) is 66.0 Å². The number of halogens is 1. The molecule has 0 radical (unpaired) electrons. The van der Waals surface area contributed by atoms with Crippen LogP contribution in [0, 0.1) is 16.2 Å². The Morgan fingerprint density at radius 2 is 1.54 bits per heavy atom. The van der Waals surface area contributed by atoms with E-state index in [-0.39, 0.29) is 34.4 Å². The van der Waals surface area contributed by atoms with E-state index in [9.17, 15) is 34.2 Å². The van der Waals surface area contributed by atoms with Crippen molar-refractivity contribution in [1.29, 1.82) is 0 Å². The lowest BCUT2D eigenvalue weighted by Crippen LogP contribution is -2.62. The fraction of sp³-hybridized carbons (Fsp3) is 0.459. The SMILES string of the molecule is CCCN(CC(N)=O)C(=O)C1=Cc2cc(-c3ccc(C(=O)N4CCCC4)cc3Cl)ccc2N=C(N(C(=O)O)C(=O)O)C1(C(C)(C)C)C(C)(C)C. The van der Waals surface area contributed by atoms with E-state index in [1.807, 2.05) is 6.92 Å². The third kappa shape index (κ3) is 6.98. The van der Waals surface area contributed by atoms with Crippen molar-refractivity contribution in [3.8, 4) is 11.1 Å². The summed E-state index contributed by atoms with van der Waals surface area (Å²) in [5.41, 5.74) is 4.16.